The second-order valence-corrected chi connectivity index (χ2v) is 9.21. The number of rotatable bonds is 5. The Morgan fingerprint density at radius 3 is 2.50 bits per heavy atom. The van der Waals surface area contributed by atoms with Crippen molar-refractivity contribution in [3.63, 3.8) is 0 Å². The number of ether oxygens (including phenoxy) is 1. The van der Waals surface area contributed by atoms with Crippen LogP contribution < -0.4 is 9.64 Å². The molecule has 28 heavy (non-hydrogen) atoms. The predicted octanol–water partition coefficient (Wildman–Crippen LogP) is 3.42. The van der Waals surface area contributed by atoms with E-state index in [-0.39, 0.29) is 29.5 Å². The highest BCUT2D eigenvalue weighted by molar-refractivity contribution is 7.89. The second kappa shape index (κ2) is 7.93. The van der Waals surface area contributed by atoms with Gasteiger partial charge in [0, 0.05) is 19.5 Å². The first-order chi connectivity index (χ1) is 13.2. The first-order valence-corrected chi connectivity index (χ1v) is 10.8. The van der Waals surface area contributed by atoms with Crippen molar-refractivity contribution >= 4 is 21.6 Å². The van der Waals surface area contributed by atoms with Crippen molar-refractivity contribution in [2.24, 2.45) is 0 Å². The molecule has 2 aromatic carbocycles. The Hall–Kier alpha value is -2.38. The molecule has 1 heterocycles. The van der Waals surface area contributed by atoms with Crippen molar-refractivity contribution < 1.29 is 17.9 Å². The van der Waals surface area contributed by atoms with Crippen molar-refractivity contribution in [2.75, 3.05) is 11.4 Å². The van der Waals surface area contributed by atoms with Gasteiger partial charge in [-0.3, -0.25) is 4.79 Å². The lowest BCUT2D eigenvalue weighted by atomic mass is 10.2. The second-order valence-electron chi connectivity index (χ2n) is 7.32. The highest BCUT2D eigenvalue weighted by atomic mass is 32.2. The summed E-state index contributed by atoms with van der Waals surface area (Å²) in [7, 11) is -3.75. The first-order valence-electron chi connectivity index (χ1n) is 9.34. The van der Waals surface area contributed by atoms with E-state index in [2.05, 4.69) is 0 Å². The van der Waals surface area contributed by atoms with Gasteiger partial charge in [-0.15, -0.1) is 0 Å². The van der Waals surface area contributed by atoms with E-state index in [1.54, 1.807) is 23.1 Å². The Morgan fingerprint density at radius 2 is 1.89 bits per heavy atom. The van der Waals surface area contributed by atoms with E-state index in [0.29, 0.717) is 18.0 Å². The largest absolute Gasteiger partial charge is 0.487 e. The van der Waals surface area contributed by atoms with E-state index >= 15 is 0 Å². The van der Waals surface area contributed by atoms with Crippen molar-refractivity contribution in [2.45, 2.75) is 51.3 Å². The van der Waals surface area contributed by atoms with Crippen LogP contribution in [0.3, 0.4) is 0 Å². The van der Waals surface area contributed by atoms with Crippen LogP contribution in [0.5, 0.6) is 5.75 Å². The maximum absolute atomic E-state index is 13.4. The maximum atomic E-state index is 13.4. The molecule has 6 nitrogen and oxygen atoms in total. The standard InChI is InChI=1S/C21H26N2O4S/c1-15(2)23(14-18-8-6-5-7-9-18)28(25,26)19-10-11-21-20(12-19)22(17(4)24)13-16(3)27-21/h5-12,15-16H,13-14H2,1-4H3/t16-/m0/s1. The number of hydrogen-bond donors (Lipinski definition) is 0. The minimum absolute atomic E-state index is 0.143. The molecule has 0 spiro atoms. The fourth-order valence-corrected chi connectivity index (χ4v) is 4.97. The number of nitrogens with zero attached hydrogens (tertiary/aromatic N) is 2. The average molecular weight is 403 g/mol. The quantitative estimate of drug-likeness (QED) is 0.769. The normalized spacial score (nSPS) is 16.8. The number of benzene rings is 2. The van der Waals surface area contributed by atoms with E-state index in [1.165, 1.54) is 11.2 Å². The Bertz CT molecular complexity index is 958. The lowest BCUT2D eigenvalue weighted by Gasteiger charge is -2.33. The Morgan fingerprint density at radius 1 is 1.21 bits per heavy atom. The summed E-state index contributed by atoms with van der Waals surface area (Å²) in [5, 5.41) is 0. The van der Waals surface area contributed by atoms with Gasteiger partial charge >= 0.3 is 0 Å². The molecule has 1 aliphatic rings. The molecule has 0 bridgehead atoms. The number of amides is 1. The Labute approximate surface area is 166 Å². The summed E-state index contributed by atoms with van der Waals surface area (Å²) in [6.45, 7) is 7.73. The zero-order chi connectivity index (χ0) is 20.5. The highest BCUT2D eigenvalue weighted by Gasteiger charge is 2.31. The van der Waals surface area contributed by atoms with E-state index < -0.39 is 10.0 Å². The molecule has 0 aromatic heterocycles. The molecule has 0 saturated heterocycles. The SMILES string of the molecule is CC(=O)N1C[C@H](C)Oc2ccc(S(=O)(=O)N(Cc3ccccc3)C(C)C)cc21. The van der Waals surface area contributed by atoms with Crippen LogP contribution in [-0.2, 0) is 21.4 Å². The van der Waals surface area contributed by atoms with Gasteiger partial charge in [0.25, 0.3) is 0 Å². The fourth-order valence-electron chi connectivity index (χ4n) is 3.32. The summed E-state index contributed by atoms with van der Waals surface area (Å²) in [6.07, 6.45) is -0.149. The Balaban J connectivity index is 2.01. The van der Waals surface area contributed by atoms with Gasteiger partial charge in [0.1, 0.15) is 11.9 Å². The molecule has 1 amide bonds. The number of anilines is 1. The van der Waals surface area contributed by atoms with Crippen LogP contribution in [0.4, 0.5) is 5.69 Å². The van der Waals surface area contributed by atoms with Crippen LogP contribution in [-0.4, -0.2) is 37.3 Å². The maximum Gasteiger partial charge on any atom is 0.243 e. The third-order valence-corrected chi connectivity index (χ3v) is 6.75. The molecule has 7 heteroatoms. The predicted molar refractivity (Wildman–Crippen MR) is 109 cm³/mol. The third-order valence-electron chi connectivity index (χ3n) is 4.73. The van der Waals surface area contributed by atoms with Crippen molar-refractivity contribution in [1.29, 1.82) is 0 Å². The van der Waals surface area contributed by atoms with Gasteiger partial charge in [-0.25, -0.2) is 8.42 Å². The number of hydrogen-bond acceptors (Lipinski definition) is 4. The molecule has 1 aliphatic heterocycles. The molecule has 0 N–H and O–H groups in total. The summed E-state index contributed by atoms with van der Waals surface area (Å²) in [5.41, 5.74) is 1.41. The van der Waals surface area contributed by atoms with Crippen LogP contribution >= 0.6 is 0 Å². The minimum Gasteiger partial charge on any atom is -0.487 e. The van der Waals surface area contributed by atoms with Crippen LogP contribution in [0.2, 0.25) is 0 Å². The summed E-state index contributed by atoms with van der Waals surface area (Å²) in [4.78, 5) is 13.8. The van der Waals surface area contributed by atoms with Gasteiger partial charge in [-0.2, -0.15) is 4.31 Å². The summed E-state index contributed by atoms with van der Waals surface area (Å²) >= 11 is 0. The molecule has 1 atom stereocenters. The summed E-state index contributed by atoms with van der Waals surface area (Å²) in [6, 6.07) is 14.0. The van der Waals surface area contributed by atoms with Crippen molar-refractivity contribution in [1.82, 2.24) is 4.31 Å². The molecule has 0 aliphatic carbocycles. The van der Waals surface area contributed by atoms with Gasteiger partial charge in [0.2, 0.25) is 15.9 Å². The fraction of sp³-hybridized carbons (Fsp3) is 0.381. The monoisotopic (exact) mass is 402 g/mol. The van der Waals surface area contributed by atoms with Crippen LogP contribution in [0.25, 0.3) is 0 Å². The number of carbonyl (C=O) groups is 1. The molecular formula is C21H26N2O4S. The molecule has 3 rings (SSSR count). The zero-order valence-electron chi connectivity index (χ0n) is 16.6. The molecule has 150 valence electrons. The number of carbonyl (C=O) groups excluding carboxylic acids is 1. The zero-order valence-corrected chi connectivity index (χ0v) is 17.4. The molecule has 2 aromatic rings. The minimum atomic E-state index is -3.75. The molecular weight excluding hydrogens is 376 g/mol. The molecule has 0 unspecified atom stereocenters. The highest BCUT2D eigenvalue weighted by Crippen LogP contribution is 2.36. The van der Waals surface area contributed by atoms with E-state index in [9.17, 15) is 13.2 Å². The first kappa shape index (κ1) is 20.4. The summed E-state index contributed by atoms with van der Waals surface area (Å²) in [5.74, 6) is 0.378. The molecule has 0 fully saturated rings. The van der Waals surface area contributed by atoms with Crippen molar-refractivity contribution in [3.05, 3.63) is 54.1 Å². The van der Waals surface area contributed by atoms with E-state index in [1.807, 2.05) is 51.1 Å². The van der Waals surface area contributed by atoms with E-state index in [0.717, 1.165) is 5.56 Å². The number of sulfonamides is 1. The topological polar surface area (TPSA) is 66.9 Å². The van der Waals surface area contributed by atoms with Gasteiger partial charge in [0.05, 0.1) is 17.1 Å². The van der Waals surface area contributed by atoms with Crippen LogP contribution in [0, 0.1) is 0 Å². The average Bonchev–Trinajstić information content (AvgIpc) is 2.65. The third kappa shape index (κ3) is 4.05. The van der Waals surface area contributed by atoms with Gasteiger partial charge in [-0.1, -0.05) is 30.3 Å². The van der Waals surface area contributed by atoms with Gasteiger partial charge in [-0.05, 0) is 44.5 Å². The van der Waals surface area contributed by atoms with Crippen LogP contribution in [0.15, 0.2) is 53.4 Å². The Kier molecular flexibility index (Phi) is 5.76. The molecule has 0 radical (unpaired) electrons. The van der Waals surface area contributed by atoms with Crippen molar-refractivity contribution in [3.8, 4) is 5.75 Å². The number of fused-ring (bicyclic) bond motifs is 1. The van der Waals surface area contributed by atoms with E-state index in [4.69, 9.17) is 4.74 Å². The summed E-state index contributed by atoms with van der Waals surface area (Å²) < 4.78 is 34.0. The van der Waals surface area contributed by atoms with Gasteiger partial charge < -0.3 is 9.64 Å². The molecule has 0 saturated carbocycles. The van der Waals surface area contributed by atoms with Gasteiger partial charge in [0.15, 0.2) is 0 Å². The van der Waals surface area contributed by atoms with Crippen LogP contribution in [0.1, 0.15) is 33.3 Å². The lowest BCUT2D eigenvalue weighted by Crippen LogP contribution is -2.41. The smallest absolute Gasteiger partial charge is 0.243 e. The lowest BCUT2D eigenvalue weighted by molar-refractivity contribution is -0.117.